The van der Waals surface area contributed by atoms with Gasteiger partial charge >= 0.3 is 0 Å². The zero-order valence-electron chi connectivity index (χ0n) is 11.7. The van der Waals surface area contributed by atoms with Crippen LogP contribution >= 0.6 is 35.0 Å². The minimum Gasteiger partial charge on any atom is -0.327 e. The van der Waals surface area contributed by atoms with Gasteiger partial charge < -0.3 is 5.73 Å². The molecule has 3 unspecified atom stereocenters. The lowest BCUT2D eigenvalue weighted by atomic mass is 9.78. The standard InChI is InChI=1S/C15H19F2IN2.ClH/c16-12-4-5-13(18)15(17)11(12)8-20-6-9-2-1-3-14(19)10(9)7-20;/h4-5,9-10,14H,1-3,6-8,19H2;1H. The van der Waals surface area contributed by atoms with Gasteiger partial charge in [0.2, 0.25) is 0 Å². The Hall–Kier alpha value is 0.0200. The Bertz CT molecular complexity index is 515. The fourth-order valence-electron chi connectivity index (χ4n) is 3.68. The molecule has 6 heteroatoms. The van der Waals surface area contributed by atoms with Crippen LogP contribution in [0.25, 0.3) is 0 Å². The molecule has 1 heterocycles. The maximum atomic E-state index is 14.1. The highest BCUT2D eigenvalue weighted by Gasteiger charge is 2.38. The molecule has 0 spiro atoms. The third-order valence-electron chi connectivity index (χ3n) is 4.75. The zero-order chi connectivity index (χ0) is 14.3. The van der Waals surface area contributed by atoms with E-state index in [9.17, 15) is 8.78 Å². The molecule has 1 saturated carbocycles. The Morgan fingerprint density at radius 1 is 1.24 bits per heavy atom. The smallest absolute Gasteiger partial charge is 0.143 e. The number of nitrogens with two attached hydrogens (primary N) is 1. The highest BCUT2D eigenvalue weighted by Crippen LogP contribution is 2.36. The predicted octanol–water partition coefficient (Wildman–Crippen LogP) is 3.55. The SMILES string of the molecule is Cl.NC1CCCC2CN(Cc3c(F)ccc(I)c3F)CC12. The van der Waals surface area contributed by atoms with Crippen LogP contribution in [0.5, 0.6) is 0 Å². The van der Waals surface area contributed by atoms with Crippen molar-refractivity contribution in [3.63, 3.8) is 0 Å². The largest absolute Gasteiger partial charge is 0.327 e. The van der Waals surface area contributed by atoms with Crippen LogP contribution < -0.4 is 5.73 Å². The van der Waals surface area contributed by atoms with Crippen LogP contribution in [0.15, 0.2) is 12.1 Å². The van der Waals surface area contributed by atoms with Gasteiger partial charge in [-0.1, -0.05) is 6.42 Å². The van der Waals surface area contributed by atoms with Gasteiger partial charge in [-0.15, -0.1) is 12.4 Å². The Balaban J connectivity index is 0.00000161. The second-order valence-electron chi connectivity index (χ2n) is 6.03. The summed E-state index contributed by atoms with van der Waals surface area (Å²) in [6.45, 7) is 2.15. The highest BCUT2D eigenvalue weighted by atomic mass is 127. The van der Waals surface area contributed by atoms with Crippen molar-refractivity contribution in [1.82, 2.24) is 4.90 Å². The molecule has 3 rings (SSSR count). The van der Waals surface area contributed by atoms with E-state index in [1.54, 1.807) is 0 Å². The van der Waals surface area contributed by atoms with Crippen molar-refractivity contribution < 1.29 is 8.78 Å². The third kappa shape index (κ3) is 3.51. The van der Waals surface area contributed by atoms with Gasteiger partial charge in [0, 0.05) is 34.8 Å². The van der Waals surface area contributed by atoms with E-state index in [4.69, 9.17) is 5.73 Å². The number of hydrogen-bond donors (Lipinski definition) is 1. The van der Waals surface area contributed by atoms with Gasteiger partial charge in [-0.3, -0.25) is 4.90 Å². The number of rotatable bonds is 2. The van der Waals surface area contributed by atoms with E-state index in [-0.39, 0.29) is 24.0 Å². The number of likely N-dealkylation sites (tertiary alicyclic amines) is 1. The van der Waals surface area contributed by atoms with Crippen LogP contribution in [0.1, 0.15) is 24.8 Å². The summed E-state index contributed by atoms with van der Waals surface area (Å²) in [6, 6.07) is 3.09. The Kier molecular flexibility index (Phi) is 5.84. The minimum absolute atomic E-state index is 0. The quantitative estimate of drug-likeness (QED) is 0.577. The summed E-state index contributed by atoms with van der Waals surface area (Å²) in [4.78, 5) is 2.16. The maximum absolute atomic E-state index is 14.1. The van der Waals surface area contributed by atoms with Crippen LogP contribution in [0.2, 0.25) is 0 Å². The molecule has 1 aliphatic carbocycles. The van der Waals surface area contributed by atoms with Crippen molar-refractivity contribution in [2.24, 2.45) is 17.6 Å². The van der Waals surface area contributed by atoms with Crippen molar-refractivity contribution in [1.29, 1.82) is 0 Å². The summed E-state index contributed by atoms with van der Waals surface area (Å²) < 4.78 is 28.4. The fraction of sp³-hybridized carbons (Fsp3) is 0.600. The third-order valence-corrected chi connectivity index (χ3v) is 5.58. The van der Waals surface area contributed by atoms with Gasteiger partial charge in [-0.05, 0) is 59.4 Å². The molecule has 2 N–H and O–H groups in total. The lowest BCUT2D eigenvalue weighted by molar-refractivity contribution is 0.259. The monoisotopic (exact) mass is 428 g/mol. The van der Waals surface area contributed by atoms with Gasteiger partial charge in [-0.25, -0.2) is 8.78 Å². The molecular formula is C15H20ClF2IN2. The molecule has 2 fully saturated rings. The average Bonchev–Trinajstić information content (AvgIpc) is 2.83. The molecule has 0 radical (unpaired) electrons. The van der Waals surface area contributed by atoms with Crippen LogP contribution in [0.3, 0.4) is 0 Å². The van der Waals surface area contributed by atoms with Crippen molar-refractivity contribution in [3.05, 3.63) is 32.9 Å². The number of hydrogen-bond acceptors (Lipinski definition) is 2. The van der Waals surface area contributed by atoms with Crippen LogP contribution in [0.4, 0.5) is 8.78 Å². The minimum atomic E-state index is -0.443. The first kappa shape index (κ1) is 17.4. The van der Waals surface area contributed by atoms with Crippen molar-refractivity contribution in [2.75, 3.05) is 13.1 Å². The molecule has 2 nitrogen and oxygen atoms in total. The molecule has 118 valence electrons. The summed E-state index contributed by atoms with van der Waals surface area (Å²) in [7, 11) is 0. The number of nitrogens with zero attached hydrogens (tertiary/aromatic N) is 1. The Labute approximate surface area is 144 Å². The first-order chi connectivity index (χ1) is 9.56. The number of halogens is 4. The van der Waals surface area contributed by atoms with Gasteiger partial charge in [0.1, 0.15) is 11.6 Å². The molecule has 3 atom stereocenters. The molecule has 0 bridgehead atoms. The van der Waals surface area contributed by atoms with E-state index in [0.29, 0.717) is 22.0 Å². The normalized spacial score (nSPS) is 29.0. The van der Waals surface area contributed by atoms with Gasteiger partial charge in [-0.2, -0.15) is 0 Å². The van der Waals surface area contributed by atoms with E-state index < -0.39 is 11.6 Å². The topological polar surface area (TPSA) is 29.3 Å². The van der Waals surface area contributed by atoms with E-state index in [2.05, 4.69) is 4.90 Å². The second kappa shape index (κ2) is 7.06. The first-order valence-electron chi connectivity index (χ1n) is 7.16. The Morgan fingerprint density at radius 3 is 2.71 bits per heavy atom. The summed E-state index contributed by atoms with van der Waals surface area (Å²) >= 11 is 1.91. The highest BCUT2D eigenvalue weighted by molar-refractivity contribution is 14.1. The molecule has 1 aromatic carbocycles. The van der Waals surface area contributed by atoms with Crippen LogP contribution in [-0.2, 0) is 6.54 Å². The summed E-state index contributed by atoms with van der Waals surface area (Å²) in [5.74, 6) is 0.247. The summed E-state index contributed by atoms with van der Waals surface area (Å²) in [5.41, 5.74) is 6.38. The molecule has 1 aromatic rings. The number of benzene rings is 1. The first-order valence-corrected chi connectivity index (χ1v) is 8.24. The second-order valence-corrected chi connectivity index (χ2v) is 7.20. The van der Waals surface area contributed by atoms with Crippen molar-refractivity contribution >= 4 is 35.0 Å². The molecule has 2 aliphatic rings. The molecular weight excluding hydrogens is 409 g/mol. The van der Waals surface area contributed by atoms with Crippen LogP contribution in [0, 0.1) is 27.0 Å². The van der Waals surface area contributed by atoms with E-state index in [1.165, 1.54) is 25.0 Å². The molecule has 0 aromatic heterocycles. The lowest BCUT2D eigenvalue weighted by Gasteiger charge is -2.29. The summed E-state index contributed by atoms with van der Waals surface area (Å²) in [6.07, 6.45) is 3.47. The lowest BCUT2D eigenvalue weighted by Crippen LogP contribution is -2.38. The number of fused-ring (bicyclic) bond motifs is 1. The van der Waals surface area contributed by atoms with Gasteiger partial charge in [0.25, 0.3) is 0 Å². The molecule has 1 aliphatic heterocycles. The maximum Gasteiger partial charge on any atom is 0.143 e. The van der Waals surface area contributed by atoms with Crippen molar-refractivity contribution in [3.8, 4) is 0 Å². The summed E-state index contributed by atoms with van der Waals surface area (Å²) in [5, 5.41) is 0. The molecule has 1 saturated heterocycles. The van der Waals surface area contributed by atoms with E-state index in [1.807, 2.05) is 22.6 Å². The molecule has 0 amide bonds. The Morgan fingerprint density at radius 2 is 2.00 bits per heavy atom. The predicted molar refractivity (Wildman–Crippen MR) is 90.4 cm³/mol. The zero-order valence-corrected chi connectivity index (χ0v) is 14.7. The van der Waals surface area contributed by atoms with E-state index in [0.717, 1.165) is 19.5 Å². The van der Waals surface area contributed by atoms with Gasteiger partial charge in [0.05, 0.1) is 0 Å². The van der Waals surface area contributed by atoms with Gasteiger partial charge in [0.15, 0.2) is 0 Å². The average molecular weight is 429 g/mol. The van der Waals surface area contributed by atoms with E-state index >= 15 is 0 Å². The van der Waals surface area contributed by atoms with Crippen molar-refractivity contribution in [2.45, 2.75) is 31.8 Å². The fourth-order valence-corrected chi connectivity index (χ4v) is 4.18. The molecule has 21 heavy (non-hydrogen) atoms. The van der Waals surface area contributed by atoms with Crippen LogP contribution in [-0.4, -0.2) is 24.0 Å².